The third-order valence-corrected chi connectivity index (χ3v) is 7.40. The number of piperidine rings is 1. The van der Waals surface area contributed by atoms with E-state index in [-0.39, 0.29) is 34.6 Å². The fraction of sp³-hybridized carbons (Fsp3) is 0.333. The molecule has 1 N–H and O–H groups in total. The molecule has 1 fully saturated rings. The van der Waals surface area contributed by atoms with Gasteiger partial charge in [-0.1, -0.05) is 6.07 Å². The van der Waals surface area contributed by atoms with Crippen molar-refractivity contribution in [1.29, 1.82) is 5.26 Å². The molecule has 1 saturated heterocycles. The van der Waals surface area contributed by atoms with Crippen LogP contribution in [0.4, 0.5) is 5.69 Å². The van der Waals surface area contributed by atoms with Crippen LogP contribution in [-0.4, -0.2) is 49.7 Å². The average molecular weight is 567 g/mol. The van der Waals surface area contributed by atoms with E-state index < -0.39 is 5.97 Å². The largest absolute Gasteiger partial charge is 0.489 e. The second-order valence-corrected chi connectivity index (χ2v) is 10.9. The van der Waals surface area contributed by atoms with Gasteiger partial charge in [0.1, 0.15) is 16.8 Å². The number of esters is 1. The topological polar surface area (TPSA) is 118 Å². The predicted molar refractivity (Wildman–Crippen MR) is 160 cm³/mol. The molecule has 0 saturated carbocycles. The number of carbonyl (C=O) groups is 2. The van der Waals surface area contributed by atoms with Gasteiger partial charge in [0, 0.05) is 30.8 Å². The summed E-state index contributed by atoms with van der Waals surface area (Å²) in [5, 5.41) is 12.4. The Bertz CT molecular complexity index is 1640. The Kier molecular flexibility index (Phi) is 8.43. The Morgan fingerprint density at radius 3 is 2.52 bits per heavy atom. The van der Waals surface area contributed by atoms with Crippen LogP contribution < -0.4 is 15.0 Å². The number of hydrogen-bond donors (Lipinski definition) is 1. The first-order valence-electron chi connectivity index (χ1n) is 14.1. The summed E-state index contributed by atoms with van der Waals surface area (Å²) in [6.07, 6.45) is 2.07. The monoisotopic (exact) mass is 566 g/mol. The van der Waals surface area contributed by atoms with Gasteiger partial charge in [-0.2, -0.15) is 5.26 Å². The lowest BCUT2D eigenvalue weighted by Gasteiger charge is -2.35. The normalized spacial score (nSPS) is 13.7. The standard InChI is InChI=1S/C33H34N4O5/c1-20(2)41-29-10-5-21(3)15-28(29)37-13-11-22(12-14-37)19-35-31(38)24-6-8-25(9-7-24)32-36-27-17-23(18-34)16-26(30(27)42-32)33(39)40-4/h5-10,15-17,20,22H,11-14,19H2,1-4H3,(H,35,38). The quantitative estimate of drug-likeness (QED) is 0.262. The zero-order chi connectivity index (χ0) is 29.8. The number of oxazole rings is 1. The summed E-state index contributed by atoms with van der Waals surface area (Å²) in [6, 6.07) is 18.3. The molecule has 0 unspecified atom stereocenters. The van der Waals surface area contributed by atoms with Gasteiger partial charge < -0.3 is 24.1 Å². The fourth-order valence-electron chi connectivity index (χ4n) is 5.19. The highest BCUT2D eigenvalue weighted by Gasteiger charge is 2.23. The van der Waals surface area contributed by atoms with E-state index in [9.17, 15) is 14.9 Å². The number of amides is 1. The van der Waals surface area contributed by atoms with Gasteiger partial charge in [-0.15, -0.1) is 0 Å². The van der Waals surface area contributed by atoms with Crippen LogP contribution in [0.15, 0.2) is 59.0 Å². The van der Waals surface area contributed by atoms with Crippen LogP contribution in [0.2, 0.25) is 0 Å². The van der Waals surface area contributed by atoms with Gasteiger partial charge in [-0.3, -0.25) is 4.79 Å². The van der Waals surface area contributed by atoms with Gasteiger partial charge in [0.2, 0.25) is 5.89 Å². The molecule has 2 heterocycles. The van der Waals surface area contributed by atoms with Crippen LogP contribution in [0.25, 0.3) is 22.6 Å². The van der Waals surface area contributed by atoms with Crippen molar-refractivity contribution in [3.63, 3.8) is 0 Å². The Morgan fingerprint density at radius 1 is 1.12 bits per heavy atom. The van der Waals surface area contributed by atoms with Crippen LogP contribution in [0.3, 0.4) is 0 Å². The molecule has 0 bridgehead atoms. The first-order valence-corrected chi connectivity index (χ1v) is 14.1. The van der Waals surface area contributed by atoms with Crippen LogP contribution in [-0.2, 0) is 4.74 Å². The number of benzene rings is 3. The van der Waals surface area contributed by atoms with Gasteiger partial charge in [0.15, 0.2) is 5.58 Å². The van der Waals surface area contributed by atoms with E-state index in [1.54, 1.807) is 30.3 Å². The van der Waals surface area contributed by atoms with Crippen molar-refractivity contribution in [2.24, 2.45) is 5.92 Å². The highest BCUT2D eigenvalue weighted by molar-refractivity contribution is 6.02. The van der Waals surface area contributed by atoms with E-state index >= 15 is 0 Å². The molecule has 9 nitrogen and oxygen atoms in total. The van der Waals surface area contributed by atoms with Crippen molar-refractivity contribution >= 4 is 28.7 Å². The van der Waals surface area contributed by atoms with Gasteiger partial charge in [0.25, 0.3) is 5.91 Å². The van der Waals surface area contributed by atoms with Crippen molar-refractivity contribution in [2.45, 2.75) is 39.7 Å². The lowest BCUT2D eigenvalue weighted by atomic mass is 9.96. The highest BCUT2D eigenvalue weighted by Crippen LogP contribution is 2.33. The Morgan fingerprint density at radius 2 is 1.86 bits per heavy atom. The lowest BCUT2D eigenvalue weighted by Crippen LogP contribution is -2.39. The van der Waals surface area contributed by atoms with Crippen molar-refractivity contribution in [3.8, 4) is 23.3 Å². The number of nitrogens with one attached hydrogen (secondary N) is 1. The maximum atomic E-state index is 12.9. The van der Waals surface area contributed by atoms with Crippen LogP contribution in [0, 0.1) is 24.2 Å². The molecule has 1 aromatic heterocycles. The molecule has 4 aromatic rings. The zero-order valence-electron chi connectivity index (χ0n) is 24.3. The summed E-state index contributed by atoms with van der Waals surface area (Å²) in [4.78, 5) is 32.0. The highest BCUT2D eigenvalue weighted by atomic mass is 16.5. The molecule has 216 valence electrons. The van der Waals surface area contributed by atoms with E-state index in [1.165, 1.54) is 18.7 Å². The minimum Gasteiger partial charge on any atom is -0.489 e. The maximum absolute atomic E-state index is 12.9. The molecule has 3 aromatic carbocycles. The second-order valence-electron chi connectivity index (χ2n) is 10.9. The van der Waals surface area contributed by atoms with E-state index in [2.05, 4.69) is 40.3 Å². The summed E-state index contributed by atoms with van der Waals surface area (Å²) in [7, 11) is 1.27. The smallest absolute Gasteiger partial charge is 0.341 e. The number of nitriles is 1. The van der Waals surface area contributed by atoms with E-state index in [0.29, 0.717) is 29.1 Å². The number of fused-ring (bicyclic) bond motifs is 1. The van der Waals surface area contributed by atoms with Crippen molar-refractivity contribution in [2.75, 3.05) is 31.6 Å². The fourth-order valence-corrected chi connectivity index (χ4v) is 5.19. The van der Waals surface area contributed by atoms with E-state index in [0.717, 1.165) is 37.4 Å². The number of aryl methyl sites for hydroxylation is 1. The molecular formula is C33H34N4O5. The van der Waals surface area contributed by atoms with Gasteiger partial charge in [0.05, 0.1) is 30.5 Å². The molecule has 0 spiro atoms. The average Bonchev–Trinajstić information content (AvgIpc) is 3.44. The number of carbonyl (C=O) groups excluding carboxylic acids is 2. The summed E-state index contributed by atoms with van der Waals surface area (Å²) < 4.78 is 16.8. The summed E-state index contributed by atoms with van der Waals surface area (Å²) in [5.41, 5.74) is 4.55. The zero-order valence-corrected chi connectivity index (χ0v) is 24.3. The van der Waals surface area contributed by atoms with Crippen LogP contribution in [0.5, 0.6) is 5.75 Å². The Balaban J connectivity index is 1.20. The third-order valence-electron chi connectivity index (χ3n) is 7.40. The predicted octanol–water partition coefficient (Wildman–Crippen LogP) is 5.90. The summed E-state index contributed by atoms with van der Waals surface area (Å²) >= 11 is 0. The Labute approximate surface area is 245 Å². The van der Waals surface area contributed by atoms with E-state index in [1.807, 2.05) is 19.9 Å². The molecule has 9 heteroatoms. The molecule has 0 aliphatic carbocycles. The number of aromatic nitrogens is 1. The van der Waals surface area contributed by atoms with Gasteiger partial charge in [-0.05, 0) is 93.6 Å². The van der Waals surface area contributed by atoms with Gasteiger partial charge >= 0.3 is 5.97 Å². The minimum atomic E-state index is -0.613. The molecule has 1 aliphatic heterocycles. The molecular weight excluding hydrogens is 532 g/mol. The minimum absolute atomic E-state index is 0.111. The van der Waals surface area contributed by atoms with Crippen molar-refractivity contribution < 1.29 is 23.5 Å². The number of rotatable bonds is 8. The van der Waals surface area contributed by atoms with Crippen LogP contribution >= 0.6 is 0 Å². The van der Waals surface area contributed by atoms with Crippen molar-refractivity contribution in [1.82, 2.24) is 10.3 Å². The second kappa shape index (κ2) is 12.4. The van der Waals surface area contributed by atoms with Crippen LogP contribution in [0.1, 0.15) is 58.5 Å². The maximum Gasteiger partial charge on any atom is 0.341 e. The number of nitrogens with zero attached hydrogens (tertiary/aromatic N) is 3. The summed E-state index contributed by atoms with van der Waals surface area (Å²) in [5.74, 6) is 0.835. The third kappa shape index (κ3) is 6.23. The molecule has 1 amide bonds. The molecule has 1 aliphatic rings. The van der Waals surface area contributed by atoms with E-state index in [4.69, 9.17) is 13.9 Å². The number of ether oxygens (including phenoxy) is 2. The first kappa shape index (κ1) is 28.7. The number of hydrogen-bond acceptors (Lipinski definition) is 8. The summed E-state index contributed by atoms with van der Waals surface area (Å²) in [6.45, 7) is 8.60. The molecule has 0 atom stereocenters. The first-order chi connectivity index (χ1) is 20.2. The number of anilines is 1. The number of methoxy groups -OCH3 is 1. The lowest BCUT2D eigenvalue weighted by molar-refractivity contribution is 0.0601. The molecule has 5 rings (SSSR count). The Hall–Kier alpha value is -4.84. The molecule has 42 heavy (non-hydrogen) atoms. The SMILES string of the molecule is COC(=O)c1cc(C#N)cc2nc(-c3ccc(C(=O)NCC4CCN(c5cc(C)ccc5OC(C)C)CC4)cc3)oc12. The molecule has 0 radical (unpaired) electrons. The van der Waals surface area contributed by atoms with Crippen molar-refractivity contribution in [3.05, 3.63) is 76.9 Å². The van der Waals surface area contributed by atoms with Gasteiger partial charge in [-0.25, -0.2) is 9.78 Å².